The van der Waals surface area contributed by atoms with Crippen molar-refractivity contribution in [2.45, 2.75) is 6.42 Å². The van der Waals surface area contributed by atoms with E-state index in [4.69, 9.17) is 9.47 Å². The topological polar surface area (TPSA) is 94.7 Å². The fourth-order valence-corrected chi connectivity index (χ4v) is 3.11. The van der Waals surface area contributed by atoms with E-state index in [9.17, 15) is 14.4 Å². The van der Waals surface area contributed by atoms with Gasteiger partial charge in [-0.1, -0.05) is 0 Å². The van der Waals surface area contributed by atoms with Crippen LogP contribution in [0.3, 0.4) is 0 Å². The van der Waals surface area contributed by atoms with Crippen molar-refractivity contribution in [3.63, 3.8) is 0 Å². The number of rotatable bonds is 7. The minimum Gasteiger partial charge on any atom is -0.486 e. The molecule has 178 valence electrons. The van der Waals surface area contributed by atoms with E-state index in [1.54, 1.807) is 39.2 Å². The number of nitrogens with one attached hydrogen (secondary N) is 1. The first-order valence-electron chi connectivity index (χ1n) is 10.7. The lowest BCUT2D eigenvalue weighted by atomic mass is 10.2. The number of likely N-dealkylation sites (N-methyl/N-ethyl adjacent to an activating group) is 1. The molecule has 3 amide bonds. The summed E-state index contributed by atoms with van der Waals surface area (Å²) < 4.78 is 11.0. The number of carbonyl (C=O) groups excluding carboxylic acids is 3. The van der Waals surface area contributed by atoms with E-state index < -0.39 is 0 Å². The maximum atomic E-state index is 12.2. The third-order valence-electron chi connectivity index (χ3n) is 5.01. The summed E-state index contributed by atoms with van der Waals surface area (Å²) in [6.45, 7) is 5.70. The maximum Gasteiger partial charge on any atom is 0.236 e. The summed E-state index contributed by atoms with van der Waals surface area (Å²) in [6, 6.07) is 5.44. The number of fused-ring (bicyclic) bond motifs is 1. The quantitative estimate of drug-likeness (QED) is 0.594. The summed E-state index contributed by atoms with van der Waals surface area (Å²) in [4.78, 5) is 40.9. The average Bonchev–Trinajstić information content (AvgIpc) is 2.78. The van der Waals surface area contributed by atoms with E-state index in [1.807, 2.05) is 12.1 Å². The molecule has 0 aliphatic carbocycles. The van der Waals surface area contributed by atoms with Crippen molar-refractivity contribution in [2.24, 2.45) is 0 Å². The second-order valence-electron chi connectivity index (χ2n) is 8.13. The summed E-state index contributed by atoms with van der Waals surface area (Å²) >= 11 is 0. The number of hydrogen-bond donors (Lipinski definition) is 1. The summed E-state index contributed by atoms with van der Waals surface area (Å²) in [5.74, 6) is 1.49. The Balaban J connectivity index is 0.000000654. The first-order valence-corrected chi connectivity index (χ1v) is 10.7. The normalized spacial score (nSPS) is 15.8. The molecule has 0 radical (unpaired) electrons. The highest BCUT2D eigenvalue weighted by molar-refractivity contribution is 5.91. The Morgan fingerprint density at radius 2 is 1.59 bits per heavy atom. The van der Waals surface area contributed by atoms with Crippen LogP contribution in [0.5, 0.6) is 11.5 Å². The molecule has 0 unspecified atom stereocenters. The fraction of sp³-hybridized carbons (Fsp3) is 0.591. The van der Waals surface area contributed by atoms with Gasteiger partial charge >= 0.3 is 0 Å². The lowest BCUT2D eigenvalue weighted by Gasteiger charge is -2.34. The third kappa shape index (κ3) is 8.72. The summed E-state index contributed by atoms with van der Waals surface area (Å²) in [5, 5.41) is 2.92. The molecule has 0 bridgehead atoms. The van der Waals surface area contributed by atoms with Crippen molar-refractivity contribution in [3.8, 4) is 11.5 Å². The molecule has 0 atom stereocenters. The monoisotopic (exact) mass is 449 g/mol. The van der Waals surface area contributed by atoms with Gasteiger partial charge in [0, 0.05) is 79.1 Å². The van der Waals surface area contributed by atoms with Gasteiger partial charge < -0.3 is 29.5 Å². The van der Waals surface area contributed by atoms with Crippen molar-refractivity contribution in [1.82, 2.24) is 19.6 Å². The Morgan fingerprint density at radius 3 is 2.19 bits per heavy atom. The zero-order chi connectivity index (χ0) is 23.5. The molecule has 0 saturated carbocycles. The molecular formula is C22H35N5O5. The predicted molar refractivity (Wildman–Crippen MR) is 122 cm³/mol. The molecule has 10 nitrogen and oxygen atoms in total. The van der Waals surface area contributed by atoms with Gasteiger partial charge in [0.1, 0.15) is 13.2 Å². The molecule has 3 rings (SSSR count). The van der Waals surface area contributed by atoms with E-state index in [-0.39, 0.29) is 11.8 Å². The molecule has 2 heterocycles. The summed E-state index contributed by atoms with van der Waals surface area (Å²) in [6.07, 6.45) is 1.19. The molecule has 1 saturated heterocycles. The Labute approximate surface area is 190 Å². The molecular weight excluding hydrogens is 414 g/mol. The van der Waals surface area contributed by atoms with Crippen molar-refractivity contribution in [3.05, 3.63) is 18.2 Å². The van der Waals surface area contributed by atoms with Gasteiger partial charge in [-0.15, -0.1) is 0 Å². The first kappa shape index (κ1) is 25.4. The van der Waals surface area contributed by atoms with E-state index >= 15 is 0 Å². The van der Waals surface area contributed by atoms with Crippen LogP contribution < -0.4 is 14.8 Å². The van der Waals surface area contributed by atoms with Gasteiger partial charge in [-0.3, -0.25) is 19.3 Å². The van der Waals surface area contributed by atoms with E-state index in [2.05, 4.69) is 15.1 Å². The Morgan fingerprint density at radius 1 is 1.00 bits per heavy atom. The second-order valence-corrected chi connectivity index (χ2v) is 8.13. The Hall–Kier alpha value is -2.85. The van der Waals surface area contributed by atoms with Gasteiger partial charge in [0.2, 0.25) is 18.2 Å². The highest BCUT2D eigenvalue weighted by Crippen LogP contribution is 2.32. The largest absolute Gasteiger partial charge is 0.486 e. The van der Waals surface area contributed by atoms with E-state index in [0.717, 1.165) is 38.3 Å². The molecule has 1 aromatic carbocycles. The number of piperazine rings is 1. The number of anilines is 1. The summed E-state index contributed by atoms with van der Waals surface area (Å²) in [7, 11) is 6.93. The van der Waals surface area contributed by atoms with Crippen LogP contribution in [0.2, 0.25) is 0 Å². The van der Waals surface area contributed by atoms with Crippen LogP contribution in [-0.4, -0.2) is 118 Å². The Bertz CT molecular complexity index is 763. The van der Waals surface area contributed by atoms with E-state index in [1.165, 1.54) is 4.90 Å². The van der Waals surface area contributed by atoms with Gasteiger partial charge in [-0.25, -0.2) is 0 Å². The number of amides is 3. The van der Waals surface area contributed by atoms with Crippen molar-refractivity contribution < 1.29 is 23.9 Å². The lowest BCUT2D eigenvalue weighted by Crippen LogP contribution is -2.49. The van der Waals surface area contributed by atoms with Crippen LogP contribution in [0, 0.1) is 0 Å². The molecule has 0 spiro atoms. The number of carbonyl (C=O) groups is 3. The minimum absolute atomic E-state index is 0.0168. The number of benzene rings is 1. The first-order chi connectivity index (χ1) is 15.3. The lowest BCUT2D eigenvalue weighted by molar-refractivity contribution is -0.130. The van der Waals surface area contributed by atoms with Crippen LogP contribution in [0.1, 0.15) is 6.42 Å². The van der Waals surface area contributed by atoms with Gasteiger partial charge in [0.25, 0.3) is 0 Å². The van der Waals surface area contributed by atoms with Crippen molar-refractivity contribution in [2.75, 3.05) is 86.0 Å². The molecule has 2 aliphatic rings. The number of ether oxygens (including phenoxy) is 2. The van der Waals surface area contributed by atoms with Crippen LogP contribution in [0.4, 0.5) is 5.69 Å². The fourth-order valence-electron chi connectivity index (χ4n) is 3.11. The molecule has 1 fully saturated rings. The predicted octanol–water partition coefficient (Wildman–Crippen LogP) is 0.197. The Kier molecular flexibility index (Phi) is 10.2. The minimum atomic E-state index is -0.0168. The number of hydrogen-bond acceptors (Lipinski definition) is 7. The van der Waals surface area contributed by atoms with Gasteiger partial charge in [-0.05, 0) is 12.1 Å². The van der Waals surface area contributed by atoms with Crippen LogP contribution in [0.15, 0.2) is 18.2 Å². The number of nitrogens with zero attached hydrogens (tertiary/aromatic N) is 4. The zero-order valence-corrected chi connectivity index (χ0v) is 19.5. The molecule has 10 heteroatoms. The highest BCUT2D eigenvalue weighted by Gasteiger charge is 2.20. The smallest absolute Gasteiger partial charge is 0.236 e. The molecule has 32 heavy (non-hydrogen) atoms. The van der Waals surface area contributed by atoms with Crippen molar-refractivity contribution >= 4 is 23.9 Å². The SMILES string of the molecule is CN(C)C(=O)CN1CCN(CCC(=O)Nc2ccc3c(c2)OCCO3)CC1.CN(C)C=O. The van der Waals surface area contributed by atoms with Crippen LogP contribution in [-0.2, 0) is 14.4 Å². The van der Waals surface area contributed by atoms with Gasteiger partial charge in [-0.2, -0.15) is 0 Å². The molecule has 0 aromatic heterocycles. The molecule has 2 aliphatic heterocycles. The second kappa shape index (κ2) is 12.9. The van der Waals surface area contributed by atoms with Gasteiger partial charge in [0.05, 0.1) is 6.54 Å². The maximum absolute atomic E-state index is 12.2. The standard InChI is InChI=1S/C19H28N4O4.C3H7NO/c1-21(2)19(25)14-23-9-7-22(8-10-23)6-5-18(24)20-15-3-4-16-17(13-15)27-12-11-26-16;1-4(2)3-5/h3-4,13H,5-12,14H2,1-2H3,(H,20,24);3H,1-2H3. The van der Waals surface area contributed by atoms with Crippen molar-refractivity contribution in [1.29, 1.82) is 0 Å². The van der Waals surface area contributed by atoms with Crippen LogP contribution in [0.25, 0.3) is 0 Å². The van der Waals surface area contributed by atoms with Crippen LogP contribution >= 0.6 is 0 Å². The molecule has 1 aromatic rings. The molecule has 1 N–H and O–H groups in total. The van der Waals surface area contributed by atoms with Gasteiger partial charge in [0.15, 0.2) is 11.5 Å². The third-order valence-corrected chi connectivity index (χ3v) is 5.01. The average molecular weight is 450 g/mol. The zero-order valence-electron chi connectivity index (χ0n) is 19.5. The summed E-state index contributed by atoms with van der Waals surface area (Å²) in [5.41, 5.74) is 0.719. The highest BCUT2D eigenvalue weighted by atomic mass is 16.6. The van der Waals surface area contributed by atoms with E-state index in [0.29, 0.717) is 44.2 Å².